The van der Waals surface area contributed by atoms with Gasteiger partial charge in [-0.05, 0) is 55.5 Å². The van der Waals surface area contributed by atoms with Crippen LogP contribution in [0.4, 0.5) is 11.4 Å². The molecule has 0 aliphatic heterocycles. The highest BCUT2D eigenvalue weighted by Gasteiger charge is 2.13. The molecule has 0 unspecified atom stereocenters. The topological polar surface area (TPSA) is 80.1 Å². The zero-order valence-corrected chi connectivity index (χ0v) is 17.7. The van der Waals surface area contributed by atoms with Crippen LogP contribution in [0, 0.1) is 0 Å². The lowest BCUT2D eigenvalue weighted by Crippen LogP contribution is -2.14. The van der Waals surface area contributed by atoms with E-state index < -0.39 is 0 Å². The van der Waals surface area contributed by atoms with Crippen molar-refractivity contribution in [3.63, 3.8) is 0 Å². The second-order valence-corrected chi connectivity index (χ2v) is 7.72. The molecule has 150 valence electrons. The summed E-state index contributed by atoms with van der Waals surface area (Å²) in [4.78, 5) is 25.6. The van der Waals surface area contributed by atoms with Crippen molar-refractivity contribution in [3.8, 4) is 11.4 Å². The number of carbonyl (C=O) groups is 2. The third-order valence-electron chi connectivity index (χ3n) is 4.38. The Balaban J connectivity index is 1.61. The largest absolute Gasteiger partial charge is 0.378 e. The number of rotatable bonds is 7. The molecule has 8 heteroatoms. The smallest absolute Gasteiger partial charge is 0.234 e. The Bertz CT molecular complexity index is 1010. The number of Topliss-reactive ketones (excluding diaryl/α,β-unsaturated/α-hetero) is 1. The molecule has 0 aliphatic carbocycles. The van der Waals surface area contributed by atoms with E-state index in [1.54, 1.807) is 24.3 Å². The minimum absolute atomic E-state index is 0.00660. The van der Waals surface area contributed by atoms with Crippen molar-refractivity contribution < 1.29 is 9.59 Å². The first-order chi connectivity index (χ1) is 13.8. The van der Waals surface area contributed by atoms with E-state index in [2.05, 4.69) is 15.5 Å². The van der Waals surface area contributed by atoms with Crippen molar-refractivity contribution in [1.29, 1.82) is 0 Å². The van der Waals surface area contributed by atoms with Gasteiger partial charge in [-0.1, -0.05) is 11.8 Å². The molecule has 0 fully saturated rings. The summed E-state index contributed by atoms with van der Waals surface area (Å²) in [7, 11) is 5.87. The van der Waals surface area contributed by atoms with Crippen LogP contribution in [0.25, 0.3) is 11.4 Å². The van der Waals surface area contributed by atoms with E-state index >= 15 is 0 Å². The Morgan fingerprint density at radius 3 is 2.28 bits per heavy atom. The first kappa shape index (κ1) is 20.6. The van der Waals surface area contributed by atoms with Crippen LogP contribution in [0.5, 0.6) is 0 Å². The van der Waals surface area contributed by atoms with E-state index in [1.165, 1.54) is 18.7 Å². The molecule has 0 saturated heterocycles. The second-order valence-electron chi connectivity index (χ2n) is 6.78. The number of aromatic nitrogens is 3. The third kappa shape index (κ3) is 5.03. The van der Waals surface area contributed by atoms with Crippen molar-refractivity contribution >= 4 is 34.8 Å². The molecule has 7 nitrogen and oxygen atoms in total. The Morgan fingerprint density at radius 2 is 1.69 bits per heavy atom. The van der Waals surface area contributed by atoms with Crippen molar-refractivity contribution in [2.45, 2.75) is 12.1 Å². The molecule has 0 radical (unpaired) electrons. The number of nitrogens with one attached hydrogen (secondary N) is 1. The van der Waals surface area contributed by atoms with Crippen LogP contribution in [0.2, 0.25) is 0 Å². The summed E-state index contributed by atoms with van der Waals surface area (Å²) in [5.41, 5.74) is 3.34. The molecule has 1 N–H and O–H groups in total. The van der Waals surface area contributed by atoms with Gasteiger partial charge in [0.1, 0.15) is 0 Å². The Labute approximate surface area is 174 Å². The lowest BCUT2D eigenvalue weighted by molar-refractivity contribution is -0.113. The highest BCUT2D eigenvalue weighted by atomic mass is 32.2. The predicted octanol–water partition coefficient (Wildman–Crippen LogP) is 3.48. The molecule has 0 saturated carbocycles. The Morgan fingerprint density at radius 1 is 1.03 bits per heavy atom. The van der Waals surface area contributed by atoms with Gasteiger partial charge in [0.15, 0.2) is 16.8 Å². The van der Waals surface area contributed by atoms with Gasteiger partial charge >= 0.3 is 0 Å². The maximum atomic E-state index is 12.2. The van der Waals surface area contributed by atoms with Crippen LogP contribution in [0.15, 0.2) is 53.7 Å². The molecule has 0 aliphatic rings. The summed E-state index contributed by atoms with van der Waals surface area (Å²) in [6, 6.07) is 14.9. The average Bonchev–Trinajstić information content (AvgIpc) is 3.07. The number of thioether (sulfide) groups is 1. The van der Waals surface area contributed by atoms with Gasteiger partial charge in [-0.2, -0.15) is 0 Å². The van der Waals surface area contributed by atoms with Gasteiger partial charge in [0.25, 0.3) is 0 Å². The summed E-state index contributed by atoms with van der Waals surface area (Å²) in [6.07, 6.45) is 0. The molecule has 3 rings (SSSR count). The SMILES string of the molecule is CC(=O)c1ccc(NC(=O)CSc2nnc(-c3ccc(N(C)C)cc3)n2C)cc1. The molecule has 0 atom stereocenters. The zero-order chi connectivity index (χ0) is 21.0. The van der Waals surface area contributed by atoms with Crippen LogP contribution in [0.1, 0.15) is 17.3 Å². The number of ketones is 1. The van der Waals surface area contributed by atoms with Gasteiger partial charge < -0.3 is 14.8 Å². The molecule has 0 bridgehead atoms. The number of hydrogen-bond acceptors (Lipinski definition) is 6. The van der Waals surface area contributed by atoms with Crippen molar-refractivity contribution in [3.05, 3.63) is 54.1 Å². The number of anilines is 2. The summed E-state index contributed by atoms with van der Waals surface area (Å²) in [6.45, 7) is 1.51. The van der Waals surface area contributed by atoms with E-state index in [9.17, 15) is 9.59 Å². The zero-order valence-electron chi connectivity index (χ0n) is 16.8. The molecule has 29 heavy (non-hydrogen) atoms. The normalized spacial score (nSPS) is 10.6. The van der Waals surface area contributed by atoms with Crippen LogP contribution in [-0.4, -0.2) is 46.3 Å². The molecular formula is C21H23N5O2S. The van der Waals surface area contributed by atoms with Crippen LogP contribution in [0.3, 0.4) is 0 Å². The van der Waals surface area contributed by atoms with E-state index in [1.807, 2.05) is 54.9 Å². The van der Waals surface area contributed by atoms with E-state index in [0.717, 1.165) is 17.1 Å². The number of carbonyl (C=O) groups excluding carboxylic acids is 2. The molecule has 2 aromatic carbocycles. The van der Waals surface area contributed by atoms with Gasteiger partial charge in [0.05, 0.1) is 5.75 Å². The summed E-state index contributed by atoms with van der Waals surface area (Å²) in [5, 5.41) is 12.0. The number of hydrogen-bond donors (Lipinski definition) is 1. The third-order valence-corrected chi connectivity index (χ3v) is 5.40. The second kappa shape index (κ2) is 8.91. The Kier molecular flexibility index (Phi) is 6.33. The quantitative estimate of drug-likeness (QED) is 0.475. The molecule has 3 aromatic rings. The fourth-order valence-electron chi connectivity index (χ4n) is 2.72. The van der Waals surface area contributed by atoms with Crippen molar-refractivity contribution in [2.24, 2.45) is 7.05 Å². The number of nitrogens with zero attached hydrogens (tertiary/aromatic N) is 4. The van der Waals surface area contributed by atoms with E-state index in [4.69, 9.17) is 0 Å². The van der Waals surface area contributed by atoms with Crippen molar-refractivity contribution in [2.75, 3.05) is 30.1 Å². The lowest BCUT2D eigenvalue weighted by Gasteiger charge is -2.12. The minimum atomic E-state index is -0.148. The maximum absolute atomic E-state index is 12.2. The lowest BCUT2D eigenvalue weighted by atomic mass is 10.1. The fourth-order valence-corrected chi connectivity index (χ4v) is 3.43. The van der Waals surface area contributed by atoms with Crippen LogP contribution in [-0.2, 0) is 11.8 Å². The maximum Gasteiger partial charge on any atom is 0.234 e. The van der Waals surface area contributed by atoms with Gasteiger partial charge in [-0.15, -0.1) is 10.2 Å². The van der Waals surface area contributed by atoms with Crippen LogP contribution >= 0.6 is 11.8 Å². The van der Waals surface area contributed by atoms with Gasteiger partial charge in [-0.25, -0.2) is 0 Å². The molecule has 1 aromatic heterocycles. The first-order valence-electron chi connectivity index (χ1n) is 9.06. The summed E-state index contributed by atoms with van der Waals surface area (Å²) in [5.74, 6) is 0.802. The summed E-state index contributed by atoms with van der Waals surface area (Å²) >= 11 is 1.32. The average molecular weight is 410 g/mol. The molecule has 1 amide bonds. The highest BCUT2D eigenvalue weighted by molar-refractivity contribution is 7.99. The van der Waals surface area contributed by atoms with Gasteiger partial charge in [-0.3, -0.25) is 9.59 Å². The first-order valence-corrected chi connectivity index (χ1v) is 10.0. The fraction of sp³-hybridized carbons (Fsp3) is 0.238. The van der Waals surface area contributed by atoms with Gasteiger partial charge in [0, 0.05) is 43.6 Å². The van der Waals surface area contributed by atoms with Crippen LogP contribution < -0.4 is 10.2 Å². The molecular weight excluding hydrogens is 386 g/mol. The standard InChI is InChI=1S/C21H23N5O2S/c1-14(27)15-5-9-17(10-6-15)22-19(28)13-29-21-24-23-20(26(21)4)16-7-11-18(12-8-16)25(2)3/h5-12H,13H2,1-4H3,(H,22,28). The van der Waals surface area contributed by atoms with E-state index in [0.29, 0.717) is 16.4 Å². The molecule has 0 spiro atoms. The number of amides is 1. The predicted molar refractivity (Wildman–Crippen MR) is 117 cm³/mol. The summed E-state index contributed by atoms with van der Waals surface area (Å²) < 4.78 is 1.88. The monoisotopic (exact) mass is 409 g/mol. The van der Waals surface area contributed by atoms with Gasteiger partial charge in [0.2, 0.25) is 5.91 Å². The van der Waals surface area contributed by atoms with Crippen molar-refractivity contribution in [1.82, 2.24) is 14.8 Å². The Hall–Kier alpha value is -3.13. The van der Waals surface area contributed by atoms with E-state index in [-0.39, 0.29) is 17.4 Å². The number of benzene rings is 2. The minimum Gasteiger partial charge on any atom is -0.378 e. The molecule has 1 heterocycles. The highest BCUT2D eigenvalue weighted by Crippen LogP contribution is 2.24.